The van der Waals surface area contributed by atoms with Crippen molar-refractivity contribution in [2.24, 2.45) is 7.05 Å². The quantitative estimate of drug-likeness (QED) is 0.779. The zero-order chi connectivity index (χ0) is 16.4. The highest BCUT2D eigenvalue weighted by molar-refractivity contribution is 6.06. The van der Waals surface area contributed by atoms with Crippen LogP contribution >= 0.6 is 0 Å². The minimum absolute atomic E-state index is 0.128. The SMILES string of the molecule is CC(=O)Nc1ccc(NC(=O)c2cc3ccccc3n2C)cc1. The minimum Gasteiger partial charge on any atom is -0.340 e. The summed E-state index contributed by atoms with van der Waals surface area (Å²) in [5.74, 6) is -0.298. The van der Waals surface area contributed by atoms with Gasteiger partial charge in [-0.05, 0) is 36.4 Å². The third-order valence-corrected chi connectivity index (χ3v) is 3.65. The molecule has 0 aliphatic rings. The number of hydrogen-bond donors (Lipinski definition) is 2. The molecule has 1 heterocycles. The maximum Gasteiger partial charge on any atom is 0.272 e. The number of aryl methyl sites for hydroxylation is 1. The van der Waals surface area contributed by atoms with Crippen molar-refractivity contribution in [1.82, 2.24) is 4.57 Å². The second-order valence-corrected chi connectivity index (χ2v) is 5.36. The minimum atomic E-state index is -0.170. The lowest BCUT2D eigenvalue weighted by Gasteiger charge is -2.08. The molecule has 2 aromatic carbocycles. The van der Waals surface area contributed by atoms with Gasteiger partial charge >= 0.3 is 0 Å². The van der Waals surface area contributed by atoms with Gasteiger partial charge in [0.1, 0.15) is 5.69 Å². The van der Waals surface area contributed by atoms with E-state index in [4.69, 9.17) is 0 Å². The molecule has 3 aromatic rings. The topological polar surface area (TPSA) is 63.1 Å². The first-order valence-corrected chi connectivity index (χ1v) is 7.28. The van der Waals surface area contributed by atoms with Crippen LogP contribution in [0.15, 0.2) is 54.6 Å². The summed E-state index contributed by atoms with van der Waals surface area (Å²) in [6.07, 6.45) is 0. The predicted octanol–water partition coefficient (Wildman–Crippen LogP) is 3.39. The number of anilines is 2. The molecule has 116 valence electrons. The van der Waals surface area contributed by atoms with E-state index in [1.54, 1.807) is 24.3 Å². The molecule has 23 heavy (non-hydrogen) atoms. The lowest BCUT2D eigenvalue weighted by molar-refractivity contribution is -0.114. The van der Waals surface area contributed by atoms with E-state index in [1.807, 2.05) is 41.9 Å². The number of nitrogens with zero attached hydrogens (tertiary/aromatic N) is 1. The van der Waals surface area contributed by atoms with Gasteiger partial charge in [0.25, 0.3) is 5.91 Å². The number of carbonyl (C=O) groups excluding carboxylic acids is 2. The molecule has 0 saturated heterocycles. The van der Waals surface area contributed by atoms with Gasteiger partial charge in [0.2, 0.25) is 5.91 Å². The fourth-order valence-corrected chi connectivity index (χ4v) is 2.54. The van der Waals surface area contributed by atoms with Gasteiger partial charge in [0.05, 0.1) is 0 Å². The standard InChI is InChI=1S/C18H17N3O2/c1-12(22)19-14-7-9-15(10-8-14)20-18(23)17-11-13-5-3-4-6-16(13)21(17)2/h3-11H,1-2H3,(H,19,22)(H,20,23). The number of amides is 2. The Bertz CT molecular complexity index is 879. The van der Waals surface area contributed by atoms with E-state index in [9.17, 15) is 9.59 Å². The highest BCUT2D eigenvalue weighted by Crippen LogP contribution is 2.20. The Kier molecular flexibility index (Phi) is 3.85. The van der Waals surface area contributed by atoms with Gasteiger partial charge in [-0.3, -0.25) is 9.59 Å². The molecule has 0 unspecified atom stereocenters. The summed E-state index contributed by atoms with van der Waals surface area (Å²) in [5.41, 5.74) is 2.98. The first kappa shape index (κ1) is 14.8. The molecule has 2 N–H and O–H groups in total. The van der Waals surface area contributed by atoms with Gasteiger partial charge in [-0.2, -0.15) is 0 Å². The summed E-state index contributed by atoms with van der Waals surface area (Å²) in [5, 5.41) is 6.59. The molecule has 1 aromatic heterocycles. The molecule has 0 aliphatic carbocycles. The van der Waals surface area contributed by atoms with E-state index < -0.39 is 0 Å². The Hall–Kier alpha value is -3.08. The second-order valence-electron chi connectivity index (χ2n) is 5.36. The third-order valence-electron chi connectivity index (χ3n) is 3.65. The second kappa shape index (κ2) is 5.96. The maximum atomic E-state index is 12.5. The molecular weight excluding hydrogens is 290 g/mol. The Morgan fingerprint density at radius 3 is 2.13 bits per heavy atom. The van der Waals surface area contributed by atoms with Gasteiger partial charge in [-0.1, -0.05) is 18.2 Å². The average molecular weight is 307 g/mol. The lowest BCUT2D eigenvalue weighted by atomic mass is 10.2. The molecular formula is C18H17N3O2. The summed E-state index contributed by atoms with van der Waals surface area (Å²) in [7, 11) is 1.87. The molecule has 2 amide bonds. The van der Waals surface area contributed by atoms with E-state index in [0.717, 1.165) is 10.9 Å². The van der Waals surface area contributed by atoms with E-state index in [-0.39, 0.29) is 11.8 Å². The molecule has 5 heteroatoms. The molecule has 0 bridgehead atoms. The van der Waals surface area contributed by atoms with Gasteiger partial charge in [-0.15, -0.1) is 0 Å². The zero-order valence-corrected chi connectivity index (χ0v) is 13.0. The van der Waals surface area contributed by atoms with Crippen LogP contribution in [-0.2, 0) is 11.8 Å². The van der Waals surface area contributed by atoms with Crippen LogP contribution in [0.4, 0.5) is 11.4 Å². The Labute approximate surface area is 133 Å². The molecule has 0 aliphatic heterocycles. The summed E-state index contributed by atoms with van der Waals surface area (Å²) in [4.78, 5) is 23.5. The van der Waals surface area contributed by atoms with Crippen molar-refractivity contribution >= 4 is 34.1 Å². The van der Waals surface area contributed by atoms with Gasteiger partial charge in [0, 0.05) is 36.2 Å². The molecule has 0 radical (unpaired) electrons. The Balaban J connectivity index is 1.80. The molecule has 0 atom stereocenters. The van der Waals surface area contributed by atoms with Crippen LogP contribution in [0, 0.1) is 0 Å². The number of nitrogens with one attached hydrogen (secondary N) is 2. The van der Waals surface area contributed by atoms with E-state index in [1.165, 1.54) is 6.92 Å². The normalized spacial score (nSPS) is 10.5. The van der Waals surface area contributed by atoms with E-state index >= 15 is 0 Å². The summed E-state index contributed by atoms with van der Waals surface area (Å²) in [6.45, 7) is 1.45. The van der Waals surface area contributed by atoms with Crippen molar-refractivity contribution in [3.8, 4) is 0 Å². The number of aromatic nitrogens is 1. The van der Waals surface area contributed by atoms with Crippen LogP contribution in [0.3, 0.4) is 0 Å². The summed E-state index contributed by atoms with van der Waals surface area (Å²) in [6, 6.07) is 16.7. The molecule has 0 spiro atoms. The number of carbonyl (C=O) groups is 2. The number of fused-ring (bicyclic) bond motifs is 1. The van der Waals surface area contributed by atoms with Crippen molar-refractivity contribution in [2.45, 2.75) is 6.92 Å². The van der Waals surface area contributed by atoms with Crippen molar-refractivity contribution in [1.29, 1.82) is 0 Å². The van der Waals surface area contributed by atoms with Crippen molar-refractivity contribution in [3.05, 3.63) is 60.3 Å². The van der Waals surface area contributed by atoms with Crippen LogP contribution in [0.5, 0.6) is 0 Å². The van der Waals surface area contributed by atoms with Gasteiger partial charge in [-0.25, -0.2) is 0 Å². The fraction of sp³-hybridized carbons (Fsp3) is 0.111. The number of rotatable bonds is 3. The Morgan fingerprint density at radius 2 is 1.52 bits per heavy atom. The van der Waals surface area contributed by atoms with Crippen molar-refractivity contribution in [2.75, 3.05) is 10.6 Å². The number of benzene rings is 2. The first-order chi connectivity index (χ1) is 11.0. The van der Waals surface area contributed by atoms with Crippen molar-refractivity contribution in [3.63, 3.8) is 0 Å². The van der Waals surface area contributed by atoms with Crippen LogP contribution < -0.4 is 10.6 Å². The van der Waals surface area contributed by atoms with Crippen LogP contribution in [0.2, 0.25) is 0 Å². The lowest BCUT2D eigenvalue weighted by Crippen LogP contribution is -2.15. The highest BCUT2D eigenvalue weighted by atomic mass is 16.2. The number of para-hydroxylation sites is 1. The van der Waals surface area contributed by atoms with Crippen molar-refractivity contribution < 1.29 is 9.59 Å². The Morgan fingerprint density at radius 1 is 0.913 bits per heavy atom. The van der Waals surface area contributed by atoms with E-state index in [0.29, 0.717) is 17.1 Å². The molecule has 3 rings (SSSR count). The zero-order valence-electron chi connectivity index (χ0n) is 13.0. The van der Waals surface area contributed by atoms with Crippen LogP contribution in [-0.4, -0.2) is 16.4 Å². The monoisotopic (exact) mass is 307 g/mol. The van der Waals surface area contributed by atoms with Crippen LogP contribution in [0.1, 0.15) is 17.4 Å². The fourth-order valence-electron chi connectivity index (χ4n) is 2.54. The summed E-state index contributed by atoms with van der Waals surface area (Å²) < 4.78 is 1.87. The molecule has 0 fully saturated rings. The largest absolute Gasteiger partial charge is 0.340 e. The predicted molar refractivity (Wildman–Crippen MR) is 91.6 cm³/mol. The van der Waals surface area contributed by atoms with E-state index in [2.05, 4.69) is 10.6 Å². The molecule has 0 saturated carbocycles. The first-order valence-electron chi connectivity index (χ1n) is 7.28. The smallest absolute Gasteiger partial charge is 0.272 e. The third kappa shape index (κ3) is 3.08. The average Bonchev–Trinajstić information content (AvgIpc) is 2.86. The summed E-state index contributed by atoms with van der Waals surface area (Å²) >= 11 is 0. The highest BCUT2D eigenvalue weighted by Gasteiger charge is 2.13. The maximum absolute atomic E-state index is 12.5. The number of hydrogen-bond acceptors (Lipinski definition) is 2. The van der Waals surface area contributed by atoms with Gasteiger partial charge in [0.15, 0.2) is 0 Å². The van der Waals surface area contributed by atoms with Gasteiger partial charge < -0.3 is 15.2 Å². The molecule has 5 nitrogen and oxygen atoms in total. The van der Waals surface area contributed by atoms with Crippen LogP contribution in [0.25, 0.3) is 10.9 Å².